The van der Waals surface area contributed by atoms with Crippen LogP contribution in [0, 0.1) is 48.8 Å². The van der Waals surface area contributed by atoms with Crippen LogP contribution < -0.4 is 0 Å². The van der Waals surface area contributed by atoms with Crippen molar-refractivity contribution in [2.75, 3.05) is 19.8 Å². The van der Waals surface area contributed by atoms with Gasteiger partial charge in [0.15, 0.2) is 12.2 Å². The molecule has 0 bridgehead atoms. The summed E-state index contributed by atoms with van der Waals surface area (Å²) in [5, 5.41) is 40.3. The van der Waals surface area contributed by atoms with Gasteiger partial charge in [-0.3, -0.25) is 24.0 Å². The maximum Gasteiger partial charge on any atom is 0.345 e. The Morgan fingerprint density at radius 1 is 0.944 bits per heavy atom. The zero-order valence-corrected chi connectivity index (χ0v) is 30.4. The number of hydrogen-bond acceptors (Lipinski definition) is 16. The number of aliphatic hydroxyl groups excluding tert-OH is 1. The molecule has 0 radical (unpaired) electrons. The fourth-order valence-corrected chi connectivity index (χ4v) is 9.44. The minimum atomic E-state index is -1.94. The van der Waals surface area contributed by atoms with E-state index in [0.29, 0.717) is 38.5 Å². The highest BCUT2D eigenvalue weighted by Gasteiger charge is 2.70. The molecule has 0 saturated heterocycles. The molecule has 0 aliphatic heterocycles. The first-order valence-electron chi connectivity index (χ1n) is 18.2. The van der Waals surface area contributed by atoms with Crippen LogP contribution in [0.5, 0.6) is 0 Å². The summed E-state index contributed by atoms with van der Waals surface area (Å²) in [7, 11) is 0. The van der Waals surface area contributed by atoms with E-state index in [0.717, 1.165) is 5.57 Å². The van der Waals surface area contributed by atoms with E-state index in [-0.39, 0.29) is 75.1 Å². The van der Waals surface area contributed by atoms with Gasteiger partial charge in [-0.1, -0.05) is 31.9 Å². The number of hydrogen-bond donors (Lipinski definition) is 2. The van der Waals surface area contributed by atoms with Crippen LogP contribution in [-0.2, 0) is 52.7 Å². The van der Waals surface area contributed by atoms with Crippen LogP contribution in [0.25, 0.3) is 0 Å². The first kappa shape index (κ1) is 42.1. The van der Waals surface area contributed by atoms with Gasteiger partial charge in [-0.15, -0.1) is 20.2 Å². The smallest absolute Gasteiger partial charge is 0.345 e. The molecule has 19 heteroatoms. The molecule has 0 heterocycles. The first-order chi connectivity index (χ1) is 25.4. The van der Waals surface area contributed by atoms with Crippen LogP contribution in [0.2, 0.25) is 0 Å². The van der Waals surface area contributed by atoms with Crippen molar-refractivity contribution in [2.45, 2.75) is 122 Å². The Bertz CT molecular complexity index is 1530. The quantitative estimate of drug-likeness (QED) is 0.0449. The van der Waals surface area contributed by atoms with Crippen molar-refractivity contribution in [1.82, 2.24) is 0 Å². The topological polar surface area (TPSA) is 275 Å². The third-order valence-corrected chi connectivity index (χ3v) is 11.9. The lowest BCUT2D eigenvalue weighted by atomic mass is 9.46. The summed E-state index contributed by atoms with van der Waals surface area (Å²) in [6.07, 6.45) is 0.715. The van der Waals surface area contributed by atoms with Gasteiger partial charge < -0.3 is 34.1 Å². The maximum absolute atomic E-state index is 14.3. The summed E-state index contributed by atoms with van der Waals surface area (Å²) < 4.78 is 16.2. The Labute approximate surface area is 310 Å². The summed E-state index contributed by atoms with van der Waals surface area (Å²) in [5.41, 5.74) is -2.47. The average molecular weight is 769 g/mol. The Kier molecular flexibility index (Phi) is 13.7. The number of allylic oxidation sites excluding steroid dienone is 2. The number of aliphatic carboxylic acids is 1. The molecule has 0 aromatic carbocycles. The van der Waals surface area contributed by atoms with E-state index in [9.17, 15) is 59.2 Å². The van der Waals surface area contributed by atoms with Crippen molar-refractivity contribution in [3.63, 3.8) is 0 Å². The Morgan fingerprint density at radius 2 is 1.61 bits per heavy atom. The van der Waals surface area contributed by atoms with Crippen LogP contribution in [0.4, 0.5) is 0 Å². The summed E-state index contributed by atoms with van der Waals surface area (Å²) in [6.45, 7) is 2.32. The number of nitrogens with zero attached hydrogens (tertiary/aromatic N) is 2. The summed E-state index contributed by atoms with van der Waals surface area (Å²) in [5.74, 6) is -5.87. The second-order valence-electron chi connectivity index (χ2n) is 15.1. The molecule has 4 aliphatic carbocycles. The van der Waals surface area contributed by atoms with E-state index in [1.165, 1.54) is 0 Å². The van der Waals surface area contributed by atoms with Gasteiger partial charge in [0.25, 0.3) is 10.2 Å². The number of carbonyl (C=O) groups is 6. The predicted octanol–water partition coefficient (Wildman–Crippen LogP) is 3.03. The normalized spacial score (nSPS) is 30.3. The number of esters is 3. The molecule has 19 nitrogen and oxygen atoms in total. The van der Waals surface area contributed by atoms with Gasteiger partial charge in [-0.25, -0.2) is 4.79 Å². The van der Waals surface area contributed by atoms with Crippen molar-refractivity contribution in [3.05, 3.63) is 31.9 Å². The Hall–Kier alpha value is -4.68. The molecule has 0 spiro atoms. The monoisotopic (exact) mass is 768 g/mol. The summed E-state index contributed by atoms with van der Waals surface area (Å²) >= 11 is 0. The molecular formula is C35H48N2O17. The van der Waals surface area contributed by atoms with Crippen LogP contribution in [0.1, 0.15) is 104 Å². The maximum atomic E-state index is 14.3. The highest BCUT2D eigenvalue weighted by Crippen LogP contribution is 2.68. The van der Waals surface area contributed by atoms with Crippen molar-refractivity contribution in [1.29, 1.82) is 0 Å². The second kappa shape index (κ2) is 17.6. The zero-order chi connectivity index (χ0) is 39.8. The van der Waals surface area contributed by atoms with Gasteiger partial charge in [0, 0.05) is 31.1 Å². The first-order valence-corrected chi connectivity index (χ1v) is 18.2. The molecule has 3 saturated carbocycles. The molecule has 4 rings (SSSR count). The Morgan fingerprint density at radius 3 is 2.28 bits per heavy atom. The number of rotatable bonds is 20. The molecular weight excluding hydrogens is 720 g/mol. The average Bonchev–Trinajstić information content (AvgIpc) is 3.38. The van der Waals surface area contributed by atoms with E-state index in [1.807, 2.05) is 0 Å². The molecule has 8 atom stereocenters. The highest BCUT2D eigenvalue weighted by molar-refractivity contribution is 5.94. The van der Waals surface area contributed by atoms with Crippen LogP contribution in [0.15, 0.2) is 11.6 Å². The van der Waals surface area contributed by atoms with Gasteiger partial charge >= 0.3 is 23.9 Å². The van der Waals surface area contributed by atoms with Crippen molar-refractivity contribution in [3.8, 4) is 0 Å². The lowest BCUT2D eigenvalue weighted by molar-refractivity contribution is -0.757. The number of ketones is 2. The number of Topliss-reactive ketones (excluding diaryl/α,β-unsaturated/α-hetero) is 2. The molecule has 4 aliphatic rings. The van der Waals surface area contributed by atoms with Crippen LogP contribution in [0.3, 0.4) is 0 Å². The van der Waals surface area contributed by atoms with E-state index in [1.54, 1.807) is 6.92 Å². The number of carboxylic acids is 1. The van der Waals surface area contributed by atoms with E-state index >= 15 is 0 Å². The second-order valence-corrected chi connectivity index (χ2v) is 15.1. The molecule has 300 valence electrons. The number of carboxylic acid groups (broad SMARTS) is 1. The molecule has 0 amide bonds. The summed E-state index contributed by atoms with van der Waals surface area (Å²) in [6, 6.07) is 0. The molecule has 2 N–H and O–H groups in total. The third-order valence-electron chi connectivity index (χ3n) is 11.9. The van der Waals surface area contributed by atoms with Crippen molar-refractivity contribution >= 4 is 35.4 Å². The summed E-state index contributed by atoms with van der Waals surface area (Å²) in [4.78, 5) is 106. The molecule has 54 heavy (non-hydrogen) atoms. The number of unbranched alkanes of at least 4 members (excludes halogenated alkanes) is 2. The Balaban J connectivity index is 1.47. The van der Waals surface area contributed by atoms with Gasteiger partial charge in [-0.2, -0.15) is 0 Å². The van der Waals surface area contributed by atoms with Gasteiger partial charge in [0.05, 0.1) is 25.7 Å². The minimum absolute atomic E-state index is 0.0247. The third kappa shape index (κ3) is 9.33. The predicted molar refractivity (Wildman–Crippen MR) is 179 cm³/mol. The van der Waals surface area contributed by atoms with Crippen molar-refractivity contribution < 1.29 is 73.0 Å². The number of carbonyl (C=O) groups excluding carboxylic acids is 5. The van der Waals surface area contributed by atoms with E-state index in [4.69, 9.17) is 14.2 Å². The van der Waals surface area contributed by atoms with Gasteiger partial charge in [0.2, 0.25) is 11.9 Å². The molecule has 0 aromatic heterocycles. The molecule has 0 aromatic rings. The fraction of sp³-hybridized carbons (Fsp3) is 0.771. The number of aliphatic hydroxyl groups is 1. The standard InChI is InChI=1S/C35H48N2O17/c1-33-13-11-22(38)17-21(33)9-10-23-24-12-14-35(34(24,2)19-25(39)31(23)33,54-29(42)8-6-16-52-37(48)49)27(40)20-50-30(43)18-26(32(44)45)53-28(41)7-4-3-5-15-51-36(46)47/h9,23-26,31,39H,3-8,10-20H2,1-2H3,(H,44,45)/t23?,24?,25-,26?,31+,33-,34-,35-/m0/s1. The molecule has 3 fully saturated rings. The van der Waals surface area contributed by atoms with E-state index in [2.05, 4.69) is 22.7 Å². The number of fused-ring (bicyclic) bond motifs is 5. The molecule has 3 unspecified atom stereocenters. The minimum Gasteiger partial charge on any atom is -0.478 e. The largest absolute Gasteiger partial charge is 0.478 e. The van der Waals surface area contributed by atoms with Crippen LogP contribution >= 0.6 is 0 Å². The SMILES string of the molecule is C[C@]12CCC(=O)CC1=CCC1C3CC[C@](OC(=O)CCCO[N+](=O)[O-])(C(=O)COC(=O)CC(OC(=O)CCCCCO[N+](=O)[O-])C(=O)O)[C@@]3(C)C[C@H](O)[C@@H]12. The van der Waals surface area contributed by atoms with E-state index < -0.39 is 88.1 Å². The lowest BCUT2D eigenvalue weighted by Gasteiger charge is -2.60. The van der Waals surface area contributed by atoms with Crippen molar-refractivity contribution in [2.24, 2.45) is 28.6 Å². The highest BCUT2D eigenvalue weighted by atomic mass is 17.0. The lowest BCUT2D eigenvalue weighted by Crippen LogP contribution is -2.63. The van der Waals surface area contributed by atoms with Gasteiger partial charge in [0.1, 0.15) is 5.78 Å². The van der Waals surface area contributed by atoms with Gasteiger partial charge in [-0.05, 0) is 74.5 Å². The fourth-order valence-electron chi connectivity index (χ4n) is 9.44. The zero-order valence-electron chi connectivity index (χ0n) is 30.4. The van der Waals surface area contributed by atoms with Crippen LogP contribution in [-0.4, -0.2) is 93.5 Å². The number of ether oxygens (including phenoxy) is 3.